The van der Waals surface area contributed by atoms with E-state index in [1.807, 2.05) is 13.8 Å². The van der Waals surface area contributed by atoms with Crippen LogP contribution in [0.4, 0.5) is 5.82 Å². The number of aromatic nitrogens is 2. The smallest absolute Gasteiger partial charge is 0.228 e. The average Bonchev–Trinajstić information content (AvgIpc) is 3.08. The van der Waals surface area contributed by atoms with E-state index in [9.17, 15) is 4.79 Å². The van der Waals surface area contributed by atoms with Crippen LogP contribution in [0.25, 0.3) is 0 Å². The molecule has 1 N–H and O–H groups in total. The second-order valence-electron chi connectivity index (χ2n) is 6.17. The summed E-state index contributed by atoms with van der Waals surface area (Å²) in [5, 5.41) is 10.6. The molecule has 2 aromatic heterocycles. The number of carbonyl (C=O) groups is 1. The monoisotopic (exact) mass is 318 g/mol. The molecule has 0 spiro atoms. The molecule has 0 aliphatic carbocycles. The van der Waals surface area contributed by atoms with Crippen LogP contribution in [0.3, 0.4) is 0 Å². The number of likely N-dealkylation sites (tertiary alicyclic amines) is 1. The second-order valence-corrected chi connectivity index (χ2v) is 6.17. The van der Waals surface area contributed by atoms with E-state index < -0.39 is 0 Å². The molecule has 0 radical (unpaired) electrons. The highest BCUT2D eigenvalue weighted by Crippen LogP contribution is 2.22. The fourth-order valence-electron chi connectivity index (χ4n) is 2.96. The van der Waals surface area contributed by atoms with Crippen molar-refractivity contribution in [3.05, 3.63) is 28.8 Å². The van der Waals surface area contributed by atoms with Gasteiger partial charge in [0.25, 0.3) is 0 Å². The molecule has 1 aliphatic heterocycles. The van der Waals surface area contributed by atoms with Crippen molar-refractivity contribution in [3.8, 4) is 0 Å². The van der Waals surface area contributed by atoms with Crippen LogP contribution in [-0.2, 0) is 11.3 Å². The molecule has 3 heterocycles. The van der Waals surface area contributed by atoms with Crippen LogP contribution in [0.15, 0.2) is 15.1 Å². The molecule has 1 saturated heterocycles. The molecular formula is C16H22N4O3. The standard InChI is InChI=1S/C16H22N4O3/c1-10-8-15(19-22-10)17-16(21)13-4-6-20(7-5-13)9-14-11(2)18-23-12(14)3/h8,13H,4-7,9H2,1-3H3,(H,17,19,21). The minimum absolute atomic E-state index is 0.0212. The molecule has 7 nitrogen and oxygen atoms in total. The quantitative estimate of drug-likeness (QED) is 0.932. The van der Waals surface area contributed by atoms with Crippen molar-refractivity contribution >= 4 is 11.7 Å². The number of nitrogens with zero attached hydrogens (tertiary/aromatic N) is 3. The van der Waals surface area contributed by atoms with Crippen LogP contribution in [0.2, 0.25) is 0 Å². The van der Waals surface area contributed by atoms with Gasteiger partial charge in [0.1, 0.15) is 11.5 Å². The van der Waals surface area contributed by atoms with E-state index >= 15 is 0 Å². The first-order valence-corrected chi connectivity index (χ1v) is 7.91. The van der Waals surface area contributed by atoms with Gasteiger partial charge in [0.05, 0.1) is 5.69 Å². The third kappa shape index (κ3) is 3.61. The molecule has 2 aromatic rings. The van der Waals surface area contributed by atoms with Gasteiger partial charge in [-0.2, -0.15) is 0 Å². The number of aryl methyl sites for hydroxylation is 3. The van der Waals surface area contributed by atoms with Crippen molar-refractivity contribution in [2.45, 2.75) is 40.2 Å². The molecule has 0 unspecified atom stereocenters. The summed E-state index contributed by atoms with van der Waals surface area (Å²) in [5.41, 5.74) is 2.11. The Morgan fingerprint density at radius 3 is 2.57 bits per heavy atom. The van der Waals surface area contributed by atoms with Crippen molar-refractivity contribution in [3.63, 3.8) is 0 Å². The van der Waals surface area contributed by atoms with Gasteiger partial charge in [-0.05, 0) is 46.7 Å². The molecule has 1 aliphatic rings. The number of carbonyl (C=O) groups excluding carboxylic acids is 1. The third-order valence-corrected chi connectivity index (χ3v) is 4.40. The number of hydrogen-bond donors (Lipinski definition) is 1. The van der Waals surface area contributed by atoms with Crippen molar-refractivity contribution in [1.82, 2.24) is 15.2 Å². The Morgan fingerprint density at radius 2 is 2.00 bits per heavy atom. The van der Waals surface area contributed by atoms with E-state index in [0.717, 1.165) is 49.5 Å². The van der Waals surface area contributed by atoms with Crippen molar-refractivity contribution in [1.29, 1.82) is 0 Å². The van der Waals surface area contributed by atoms with E-state index in [1.54, 1.807) is 13.0 Å². The average molecular weight is 318 g/mol. The molecule has 0 saturated carbocycles. The predicted octanol–water partition coefficient (Wildman–Crippen LogP) is 2.44. The summed E-state index contributed by atoms with van der Waals surface area (Å²) < 4.78 is 10.2. The van der Waals surface area contributed by atoms with Crippen LogP contribution in [0.5, 0.6) is 0 Å². The van der Waals surface area contributed by atoms with Crippen LogP contribution in [-0.4, -0.2) is 34.2 Å². The lowest BCUT2D eigenvalue weighted by atomic mass is 9.95. The van der Waals surface area contributed by atoms with E-state index in [0.29, 0.717) is 11.6 Å². The highest BCUT2D eigenvalue weighted by molar-refractivity contribution is 5.91. The fourth-order valence-corrected chi connectivity index (χ4v) is 2.96. The number of rotatable bonds is 4. The van der Waals surface area contributed by atoms with Gasteiger partial charge in [0, 0.05) is 24.1 Å². The highest BCUT2D eigenvalue weighted by atomic mass is 16.5. The van der Waals surface area contributed by atoms with Crippen LogP contribution >= 0.6 is 0 Å². The summed E-state index contributed by atoms with van der Waals surface area (Å²) in [5.74, 6) is 2.10. The van der Waals surface area contributed by atoms with E-state index in [2.05, 4.69) is 20.5 Å². The Balaban J connectivity index is 1.51. The Morgan fingerprint density at radius 1 is 1.26 bits per heavy atom. The van der Waals surface area contributed by atoms with Crippen molar-refractivity contribution < 1.29 is 13.8 Å². The number of piperidine rings is 1. The largest absolute Gasteiger partial charge is 0.361 e. The zero-order valence-corrected chi connectivity index (χ0v) is 13.8. The molecule has 23 heavy (non-hydrogen) atoms. The van der Waals surface area contributed by atoms with Gasteiger partial charge in [-0.3, -0.25) is 9.69 Å². The zero-order valence-electron chi connectivity index (χ0n) is 13.8. The molecule has 124 valence electrons. The lowest BCUT2D eigenvalue weighted by Gasteiger charge is -2.30. The summed E-state index contributed by atoms with van der Waals surface area (Å²) in [7, 11) is 0. The van der Waals surface area contributed by atoms with E-state index in [4.69, 9.17) is 9.05 Å². The molecule has 0 aromatic carbocycles. The zero-order chi connectivity index (χ0) is 16.4. The summed E-state index contributed by atoms with van der Waals surface area (Å²) in [6, 6.07) is 1.73. The lowest BCUT2D eigenvalue weighted by molar-refractivity contribution is -0.121. The first kappa shape index (κ1) is 15.7. The number of hydrogen-bond acceptors (Lipinski definition) is 6. The summed E-state index contributed by atoms with van der Waals surface area (Å²) in [6.45, 7) is 8.31. The van der Waals surface area contributed by atoms with E-state index in [1.165, 1.54) is 0 Å². The number of nitrogens with one attached hydrogen (secondary N) is 1. The Bertz CT molecular complexity index is 664. The van der Waals surface area contributed by atoms with Crippen LogP contribution in [0, 0.1) is 26.7 Å². The predicted molar refractivity (Wildman–Crippen MR) is 83.8 cm³/mol. The molecule has 7 heteroatoms. The van der Waals surface area contributed by atoms with Gasteiger partial charge in [-0.25, -0.2) is 0 Å². The Hall–Kier alpha value is -2.15. The Labute approximate surface area is 135 Å². The van der Waals surface area contributed by atoms with Gasteiger partial charge in [0.15, 0.2) is 5.82 Å². The third-order valence-electron chi connectivity index (χ3n) is 4.40. The topological polar surface area (TPSA) is 84.4 Å². The molecule has 0 bridgehead atoms. The van der Waals surface area contributed by atoms with Crippen LogP contribution < -0.4 is 5.32 Å². The summed E-state index contributed by atoms with van der Waals surface area (Å²) >= 11 is 0. The molecular weight excluding hydrogens is 296 g/mol. The molecule has 1 fully saturated rings. The SMILES string of the molecule is Cc1cc(NC(=O)C2CCN(Cc3c(C)noc3C)CC2)no1. The minimum Gasteiger partial charge on any atom is -0.361 e. The summed E-state index contributed by atoms with van der Waals surface area (Å²) in [4.78, 5) is 14.6. The van der Waals surface area contributed by atoms with E-state index in [-0.39, 0.29) is 11.8 Å². The maximum atomic E-state index is 12.3. The fraction of sp³-hybridized carbons (Fsp3) is 0.562. The first-order chi connectivity index (χ1) is 11.0. The second kappa shape index (κ2) is 6.54. The molecule has 1 amide bonds. The molecule has 3 rings (SSSR count). The normalized spacial score (nSPS) is 16.7. The number of anilines is 1. The lowest BCUT2D eigenvalue weighted by Crippen LogP contribution is -2.38. The first-order valence-electron chi connectivity index (χ1n) is 7.91. The maximum Gasteiger partial charge on any atom is 0.228 e. The number of amides is 1. The van der Waals surface area contributed by atoms with Crippen LogP contribution in [0.1, 0.15) is 35.6 Å². The highest BCUT2D eigenvalue weighted by Gasteiger charge is 2.26. The van der Waals surface area contributed by atoms with Gasteiger partial charge in [-0.1, -0.05) is 10.3 Å². The van der Waals surface area contributed by atoms with Gasteiger partial charge < -0.3 is 14.4 Å². The van der Waals surface area contributed by atoms with Gasteiger partial charge >= 0.3 is 0 Å². The maximum absolute atomic E-state index is 12.3. The van der Waals surface area contributed by atoms with Crippen molar-refractivity contribution in [2.75, 3.05) is 18.4 Å². The summed E-state index contributed by atoms with van der Waals surface area (Å²) in [6.07, 6.45) is 1.68. The van der Waals surface area contributed by atoms with Gasteiger partial charge in [-0.15, -0.1) is 0 Å². The van der Waals surface area contributed by atoms with Gasteiger partial charge in [0.2, 0.25) is 5.91 Å². The molecule has 0 atom stereocenters. The Kier molecular flexibility index (Phi) is 4.47. The van der Waals surface area contributed by atoms with Crippen molar-refractivity contribution in [2.24, 2.45) is 5.92 Å². The minimum atomic E-state index is 0.0212.